The van der Waals surface area contributed by atoms with Gasteiger partial charge in [-0.1, -0.05) is 15.9 Å². The molecule has 1 saturated heterocycles. The van der Waals surface area contributed by atoms with Gasteiger partial charge >= 0.3 is 6.36 Å². The maximum absolute atomic E-state index is 12.3. The highest BCUT2D eigenvalue weighted by molar-refractivity contribution is 9.10. The molecule has 7 heteroatoms. The molecule has 1 atom stereocenters. The third kappa shape index (κ3) is 4.58. The Bertz CT molecular complexity index is 433. The molecule has 1 fully saturated rings. The molecule has 0 saturated carbocycles. The summed E-state index contributed by atoms with van der Waals surface area (Å²) in [4.78, 5) is 0. The minimum absolute atomic E-state index is 0.00510. The molecule has 106 valence electrons. The summed E-state index contributed by atoms with van der Waals surface area (Å²) in [6.45, 7) is 1.19. The standard InChI is InChI=1S/C12H13BrF3NO2/c13-8-3-4-10(11(6-8)19-12(14,15)16)17-9-2-1-5-18-7-9/h3-4,6,9,17H,1-2,5,7H2. The van der Waals surface area contributed by atoms with Crippen LogP contribution in [0, 0.1) is 0 Å². The van der Waals surface area contributed by atoms with Crippen molar-refractivity contribution < 1.29 is 22.6 Å². The van der Waals surface area contributed by atoms with Gasteiger partial charge in [0.15, 0.2) is 5.75 Å². The molecule has 1 aromatic carbocycles. The highest BCUT2D eigenvalue weighted by Gasteiger charge is 2.32. The van der Waals surface area contributed by atoms with Gasteiger partial charge in [-0.2, -0.15) is 0 Å². The quantitative estimate of drug-likeness (QED) is 0.904. The fourth-order valence-electron chi connectivity index (χ4n) is 1.90. The van der Waals surface area contributed by atoms with E-state index in [-0.39, 0.29) is 11.8 Å². The van der Waals surface area contributed by atoms with E-state index < -0.39 is 6.36 Å². The van der Waals surface area contributed by atoms with Crippen molar-refractivity contribution in [3.8, 4) is 5.75 Å². The molecular weight excluding hydrogens is 327 g/mol. The largest absolute Gasteiger partial charge is 0.573 e. The fourth-order valence-corrected chi connectivity index (χ4v) is 2.24. The Morgan fingerprint density at radius 2 is 2.16 bits per heavy atom. The highest BCUT2D eigenvalue weighted by Crippen LogP contribution is 2.33. The van der Waals surface area contributed by atoms with Crippen LogP contribution in [0.5, 0.6) is 5.75 Å². The molecule has 3 nitrogen and oxygen atoms in total. The molecule has 1 heterocycles. The average Bonchev–Trinajstić information content (AvgIpc) is 2.32. The number of hydrogen-bond donors (Lipinski definition) is 1. The SMILES string of the molecule is FC(F)(F)Oc1cc(Br)ccc1NC1CCCOC1. The van der Waals surface area contributed by atoms with E-state index in [1.807, 2.05) is 0 Å². The lowest BCUT2D eigenvalue weighted by molar-refractivity contribution is -0.274. The van der Waals surface area contributed by atoms with Crippen molar-refractivity contribution in [3.05, 3.63) is 22.7 Å². The molecule has 0 aromatic heterocycles. The van der Waals surface area contributed by atoms with Crippen molar-refractivity contribution in [2.24, 2.45) is 0 Å². The molecule has 1 aliphatic heterocycles. The van der Waals surface area contributed by atoms with E-state index >= 15 is 0 Å². The lowest BCUT2D eigenvalue weighted by Gasteiger charge is -2.25. The van der Waals surface area contributed by atoms with Crippen LogP contribution in [0.3, 0.4) is 0 Å². The van der Waals surface area contributed by atoms with E-state index in [1.165, 1.54) is 6.07 Å². The van der Waals surface area contributed by atoms with E-state index in [9.17, 15) is 13.2 Å². The van der Waals surface area contributed by atoms with Gasteiger partial charge in [-0.05, 0) is 31.0 Å². The number of halogens is 4. The van der Waals surface area contributed by atoms with Crippen LogP contribution in [-0.4, -0.2) is 25.6 Å². The molecule has 19 heavy (non-hydrogen) atoms. The van der Waals surface area contributed by atoms with E-state index in [0.717, 1.165) is 12.8 Å². The van der Waals surface area contributed by atoms with Crippen molar-refractivity contribution in [1.82, 2.24) is 0 Å². The molecule has 0 amide bonds. The zero-order valence-electron chi connectivity index (χ0n) is 9.97. The van der Waals surface area contributed by atoms with Gasteiger partial charge in [-0.3, -0.25) is 0 Å². The second-order valence-electron chi connectivity index (χ2n) is 4.25. The first-order valence-corrected chi connectivity index (χ1v) is 6.63. The number of hydrogen-bond acceptors (Lipinski definition) is 3. The Morgan fingerprint density at radius 1 is 1.37 bits per heavy atom. The van der Waals surface area contributed by atoms with Crippen molar-refractivity contribution >= 4 is 21.6 Å². The topological polar surface area (TPSA) is 30.5 Å². The van der Waals surface area contributed by atoms with Crippen LogP contribution in [0.15, 0.2) is 22.7 Å². The maximum Gasteiger partial charge on any atom is 0.573 e. The molecular formula is C12H13BrF3NO2. The molecule has 1 aliphatic rings. The first-order chi connectivity index (χ1) is 8.94. The normalized spacial score (nSPS) is 20.1. The van der Waals surface area contributed by atoms with Crippen LogP contribution in [0.25, 0.3) is 0 Å². The number of nitrogens with one attached hydrogen (secondary N) is 1. The van der Waals surface area contributed by atoms with Crippen LogP contribution >= 0.6 is 15.9 Å². The Balaban J connectivity index is 2.13. The van der Waals surface area contributed by atoms with E-state index in [0.29, 0.717) is 23.4 Å². The molecule has 1 unspecified atom stereocenters. The molecule has 0 spiro atoms. The number of rotatable bonds is 3. The van der Waals surface area contributed by atoms with Gasteiger partial charge in [0.1, 0.15) is 0 Å². The predicted molar refractivity (Wildman–Crippen MR) is 68.3 cm³/mol. The van der Waals surface area contributed by atoms with E-state index in [1.54, 1.807) is 12.1 Å². The zero-order chi connectivity index (χ0) is 13.9. The van der Waals surface area contributed by atoms with Crippen molar-refractivity contribution in [3.63, 3.8) is 0 Å². The summed E-state index contributed by atoms with van der Waals surface area (Å²) < 4.78 is 46.9. The van der Waals surface area contributed by atoms with Gasteiger partial charge in [0.05, 0.1) is 12.3 Å². The number of ether oxygens (including phenoxy) is 2. The number of alkyl halides is 3. The summed E-state index contributed by atoms with van der Waals surface area (Å²) in [5.74, 6) is -0.243. The monoisotopic (exact) mass is 339 g/mol. The fraction of sp³-hybridized carbons (Fsp3) is 0.500. The first kappa shape index (κ1) is 14.5. The lowest BCUT2D eigenvalue weighted by atomic mass is 10.1. The summed E-state index contributed by atoms with van der Waals surface area (Å²) in [5, 5.41) is 3.03. The Labute approximate surface area is 117 Å². The molecule has 0 radical (unpaired) electrons. The summed E-state index contributed by atoms with van der Waals surface area (Å²) in [7, 11) is 0. The number of benzene rings is 1. The van der Waals surface area contributed by atoms with Crippen LogP contribution in [0.1, 0.15) is 12.8 Å². The lowest BCUT2D eigenvalue weighted by Crippen LogP contribution is -2.30. The summed E-state index contributed by atoms with van der Waals surface area (Å²) in [6.07, 6.45) is -2.95. The Morgan fingerprint density at radius 3 is 2.79 bits per heavy atom. The third-order valence-corrected chi connectivity index (χ3v) is 3.18. The maximum atomic E-state index is 12.3. The van der Waals surface area contributed by atoms with Gasteiger partial charge in [0, 0.05) is 17.1 Å². The summed E-state index contributed by atoms with van der Waals surface area (Å²) >= 11 is 3.13. The van der Waals surface area contributed by atoms with Crippen LogP contribution in [-0.2, 0) is 4.74 Å². The first-order valence-electron chi connectivity index (χ1n) is 5.83. The minimum atomic E-state index is -4.71. The van der Waals surface area contributed by atoms with E-state index in [2.05, 4.69) is 26.0 Å². The highest BCUT2D eigenvalue weighted by atomic mass is 79.9. The average molecular weight is 340 g/mol. The smallest absolute Gasteiger partial charge is 0.404 e. The second kappa shape index (κ2) is 6.00. The second-order valence-corrected chi connectivity index (χ2v) is 5.16. The van der Waals surface area contributed by atoms with Gasteiger partial charge in [0.2, 0.25) is 0 Å². The van der Waals surface area contributed by atoms with Gasteiger partial charge in [0.25, 0.3) is 0 Å². The summed E-state index contributed by atoms with van der Waals surface area (Å²) in [6, 6.07) is 4.51. The summed E-state index contributed by atoms with van der Waals surface area (Å²) in [5.41, 5.74) is 0.316. The van der Waals surface area contributed by atoms with Crippen LogP contribution in [0.4, 0.5) is 18.9 Å². The minimum Gasteiger partial charge on any atom is -0.404 e. The van der Waals surface area contributed by atoms with Crippen LogP contribution < -0.4 is 10.1 Å². The van der Waals surface area contributed by atoms with Gasteiger partial charge in [-0.15, -0.1) is 13.2 Å². The Hall–Kier alpha value is -0.950. The zero-order valence-corrected chi connectivity index (χ0v) is 11.6. The van der Waals surface area contributed by atoms with Gasteiger partial charge < -0.3 is 14.8 Å². The molecule has 1 N–H and O–H groups in total. The predicted octanol–water partition coefficient (Wildman–Crippen LogP) is 3.94. The third-order valence-electron chi connectivity index (χ3n) is 2.69. The van der Waals surface area contributed by atoms with Crippen molar-refractivity contribution in [2.45, 2.75) is 25.2 Å². The van der Waals surface area contributed by atoms with Crippen molar-refractivity contribution in [2.75, 3.05) is 18.5 Å². The number of anilines is 1. The van der Waals surface area contributed by atoms with E-state index in [4.69, 9.17) is 4.74 Å². The molecule has 1 aromatic rings. The molecule has 2 rings (SSSR count). The Kier molecular flexibility index (Phi) is 4.57. The molecule has 0 aliphatic carbocycles. The van der Waals surface area contributed by atoms with Gasteiger partial charge in [-0.25, -0.2) is 0 Å². The van der Waals surface area contributed by atoms with Crippen LogP contribution in [0.2, 0.25) is 0 Å². The molecule has 0 bridgehead atoms. The van der Waals surface area contributed by atoms with Crippen molar-refractivity contribution in [1.29, 1.82) is 0 Å².